The lowest BCUT2D eigenvalue weighted by atomic mass is 10.0. The van der Waals surface area contributed by atoms with Gasteiger partial charge in [0.2, 0.25) is 0 Å². The van der Waals surface area contributed by atoms with Gasteiger partial charge >= 0.3 is 0 Å². The van der Waals surface area contributed by atoms with Gasteiger partial charge in [0.1, 0.15) is 45.0 Å². The first-order chi connectivity index (χ1) is 14.5. The molecule has 0 unspecified atom stereocenters. The number of rotatable bonds is 2. The molecule has 0 radical (unpaired) electrons. The minimum Gasteiger partial charge on any atom is -0.507 e. The van der Waals surface area contributed by atoms with E-state index in [1.54, 1.807) is 48.5 Å². The Hall–Kier alpha value is -4.32. The van der Waals surface area contributed by atoms with Gasteiger partial charge < -0.3 is 19.0 Å². The highest BCUT2D eigenvalue weighted by molar-refractivity contribution is 5.86. The fourth-order valence-corrected chi connectivity index (χ4v) is 3.49. The number of hydrogen-bond donors (Lipinski definition) is 2. The second-order valence-corrected chi connectivity index (χ2v) is 6.83. The molecule has 30 heavy (non-hydrogen) atoms. The minimum absolute atomic E-state index is 0.123. The minimum atomic E-state index is -0.359. The molecule has 0 amide bonds. The lowest BCUT2D eigenvalue weighted by molar-refractivity contribution is 0.479. The molecule has 0 fully saturated rings. The van der Waals surface area contributed by atoms with Gasteiger partial charge in [0.15, 0.2) is 10.9 Å². The van der Waals surface area contributed by atoms with E-state index in [1.165, 1.54) is 24.3 Å². The van der Waals surface area contributed by atoms with Crippen LogP contribution in [0.2, 0.25) is 0 Å². The van der Waals surface area contributed by atoms with Gasteiger partial charge in [-0.05, 0) is 30.3 Å². The molecule has 0 bridgehead atoms. The fraction of sp³-hybridized carbons (Fsp3) is 0. The van der Waals surface area contributed by atoms with Crippen LogP contribution in [0.4, 0.5) is 0 Å². The van der Waals surface area contributed by atoms with Gasteiger partial charge in [-0.1, -0.05) is 30.3 Å². The number of benzene rings is 3. The predicted molar refractivity (Wildman–Crippen MR) is 113 cm³/mol. The van der Waals surface area contributed by atoms with Crippen molar-refractivity contribution in [3.8, 4) is 34.1 Å². The normalized spacial score (nSPS) is 11.2. The molecule has 6 heteroatoms. The van der Waals surface area contributed by atoms with E-state index < -0.39 is 0 Å². The van der Waals surface area contributed by atoms with Crippen molar-refractivity contribution in [2.45, 2.75) is 0 Å². The summed E-state index contributed by atoms with van der Waals surface area (Å²) < 4.78 is 11.6. The van der Waals surface area contributed by atoms with Crippen molar-refractivity contribution in [2.24, 2.45) is 0 Å². The van der Waals surface area contributed by atoms with Crippen LogP contribution in [-0.4, -0.2) is 10.2 Å². The molecule has 0 saturated carbocycles. The predicted octanol–water partition coefficient (Wildman–Crippen LogP) is 4.64. The van der Waals surface area contributed by atoms with Crippen molar-refractivity contribution in [3.63, 3.8) is 0 Å². The molecule has 0 spiro atoms. The lowest BCUT2D eigenvalue weighted by Crippen LogP contribution is -2.01. The van der Waals surface area contributed by atoms with Gasteiger partial charge in [-0.15, -0.1) is 0 Å². The Bertz CT molecular complexity index is 1440. The van der Waals surface area contributed by atoms with Crippen molar-refractivity contribution in [2.75, 3.05) is 0 Å². The first kappa shape index (κ1) is 17.8. The van der Waals surface area contributed by atoms with E-state index in [0.29, 0.717) is 22.6 Å². The lowest BCUT2D eigenvalue weighted by Gasteiger charge is -2.07. The van der Waals surface area contributed by atoms with Crippen molar-refractivity contribution in [3.05, 3.63) is 93.2 Å². The Morgan fingerprint density at radius 2 is 1.00 bits per heavy atom. The number of fused-ring (bicyclic) bond motifs is 2. The molecule has 2 N–H and O–H groups in total. The van der Waals surface area contributed by atoms with E-state index in [0.717, 1.165) is 0 Å². The molecule has 3 aromatic carbocycles. The Kier molecular flexibility index (Phi) is 3.93. The van der Waals surface area contributed by atoms with Gasteiger partial charge in [-0.25, -0.2) is 0 Å². The molecule has 2 aromatic heterocycles. The Balaban J connectivity index is 1.67. The Morgan fingerprint density at radius 3 is 1.47 bits per heavy atom. The maximum absolute atomic E-state index is 12.5. The average Bonchev–Trinajstić information content (AvgIpc) is 2.73. The second kappa shape index (κ2) is 6.63. The van der Waals surface area contributed by atoms with Crippen LogP contribution in [-0.2, 0) is 0 Å². The molecule has 6 nitrogen and oxygen atoms in total. The SMILES string of the molecule is O=c1cc(-c2cccc(-c3cc(=O)c4c(O)cccc4o3)c2)oc2cccc(O)c12. The molecular formula is C24H14O6. The summed E-state index contributed by atoms with van der Waals surface area (Å²) in [5.41, 5.74) is 1.04. The van der Waals surface area contributed by atoms with Gasteiger partial charge in [0.25, 0.3) is 0 Å². The Labute approximate surface area is 168 Å². The number of phenolic OH excluding ortho intramolecular Hbond substituents is 2. The number of hydrogen-bond acceptors (Lipinski definition) is 6. The van der Waals surface area contributed by atoms with Crippen LogP contribution in [0.15, 0.2) is 91.2 Å². The van der Waals surface area contributed by atoms with Crippen LogP contribution in [0.1, 0.15) is 0 Å². The van der Waals surface area contributed by atoms with Gasteiger partial charge in [0.05, 0.1) is 0 Å². The fourth-order valence-electron chi connectivity index (χ4n) is 3.49. The molecule has 0 saturated heterocycles. The van der Waals surface area contributed by atoms with Gasteiger partial charge in [-0.3, -0.25) is 9.59 Å². The zero-order chi connectivity index (χ0) is 20.8. The zero-order valence-corrected chi connectivity index (χ0v) is 15.5. The standard InChI is InChI=1S/C24H14O6/c25-15-6-2-8-19-23(15)17(27)11-21(29-19)13-4-1-5-14(10-13)22-12-18(28)24-16(26)7-3-9-20(24)30-22/h1-12,25-26H. The van der Waals surface area contributed by atoms with E-state index in [1.807, 2.05) is 0 Å². The van der Waals surface area contributed by atoms with E-state index in [2.05, 4.69) is 0 Å². The van der Waals surface area contributed by atoms with Crippen LogP contribution in [0.3, 0.4) is 0 Å². The molecule has 0 aliphatic carbocycles. The molecule has 146 valence electrons. The van der Waals surface area contributed by atoms with Crippen LogP contribution in [0.25, 0.3) is 44.6 Å². The summed E-state index contributed by atoms with van der Waals surface area (Å²) in [6.07, 6.45) is 0. The highest BCUT2D eigenvalue weighted by atomic mass is 16.3. The topological polar surface area (TPSA) is 101 Å². The van der Waals surface area contributed by atoms with Crippen LogP contribution < -0.4 is 10.9 Å². The first-order valence-electron chi connectivity index (χ1n) is 9.14. The van der Waals surface area contributed by atoms with Crippen LogP contribution >= 0.6 is 0 Å². The van der Waals surface area contributed by atoms with Gasteiger partial charge in [-0.2, -0.15) is 0 Å². The molecule has 5 rings (SSSR count). The van der Waals surface area contributed by atoms with E-state index >= 15 is 0 Å². The smallest absolute Gasteiger partial charge is 0.197 e. The van der Waals surface area contributed by atoms with Crippen LogP contribution in [0, 0.1) is 0 Å². The molecule has 0 aliphatic heterocycles. The van der Waals surface area contributed by atoms with Crippen molar-refractivity contribution >= 4 is 21.9 Å². The molecule has 0 atom stereocenters. The average molecular weight is 398 g/mol. The van der Waals surface area contributed by atoms with Crippen molar-refractivity contribution in [1.82, 2.24) is 0 Å². The number of phenols is 2. The van der Waals surface area contributed by atoms with Crippen molar-refractivity contribution < 1.29 is 19.0 Å². The third kappa shape index (κ3) is 2.82. The first-order valence-corrected chi connectivity index (χ1v) is 9.14. The van der Waals surface area contributed by atoms with Crippen molar-refractivity contribution in [1.29, 1.82) is 0 Å². The van der Waals surface area contributed by atoms with E-state index in [4.69, 9.17) is 8.83 Å². The summed E-state index contributed by atoms with van der Waals surface area (Å²) in [6, 6.07) is 18.9. The number of aromatic hydroxyl groups is 2. The highest BCUT2D eigenvalue weighted by Crippen LogP contribution is 2.31. The summed E-state index contributed by atoms with van der Waals surface area (Å²) >= 11 is 0. The summed E-state index contributed by atoms with van der Waals surface area (Å²) in [6.45, 7) is 0. The van der Waals surface area contributed by atoms with E-state index in [9.17, 15) is 19.8 Å². The molecule has 5 aromatic rings. The summed E-state index contributed by atoms with van der Waals surface area (Å²) in [5, 5.41) is 20.1. The largest absolute Gasteiger partial charge is 0.507 e. The summed E-state index contributed by atoms with van der Waals surface area (Å²) in [5.74, 6) is 0.368. The third-order valence-electron chi connectivity index (χ3n) is 4.90. The van der Waals surface area contributed by atoms with Gasteiger partial charge in [0, 0.05) is 23.3 Å². The maximum Gasteiger partial charge on any atom is 0.197 e. The third-order valence-corrected chi connectivity index (χ3v) is 4.90. The quantitative estimate of drug-likeness (QED) is 0.449. The molecular weight excluding hydrogens is 384 g/mol. The summed E-state index contributed by atoms with van der Waals surface area (Å²) in [7, 11) is 0. The molecule has 0 aliphatic rings. The molecule has 2 heterocycles. The van der Waals surface area contributed by atoms with Crippen LogP contribution in [0.5, 0.6) is 11.5 Å². The van der Waals surface area contributed by atoms with E-state index in [-0.39, 0.29) is 44.3 Å². The zero-order valence-electron chi connectivity index (χ0n) is 15.5. The maximum atomic E-state index is 12.5. The monoisotopic (exact) mass is 398 g/mol. The highest BCUT2D eigenvalue weighted by Gasteiger charge is 2.13. The Morgan fingerprint density at radius 1 is 0.567 bits per heavy atom. The summed E-state index contributed by atoms with van der Waals surface area (Å²) in [4.78, 5) is 24.9. The second-order valence-electron chi connectivity index (χ2n) is 6.83.